The third kappa shape index (κ3) is 4.98. The molecule has 2 aromatic carbocycles. The Morgan fingerprint density at radius 2 is 1.50 bits per heavy atom. The van der Waals surface area contributed by atoms with Gasteiger partial charge in [0.25, 0.3) is 10.2 Å². The lowest BCUT2D eigenvalue weighted by Gasteiger charge is -2.22. The number of rotatable bonds is 5. The summed E-state index contributed by atoms with van der Waals surface area (Å²) < 4.78 is 33.3. The van der Waals surface area contributed by atoms with Gasteiger partial charge in [0.1, 0.15) is 12.1 Å². The molecule has 7 heteroatoms. The molecule has 150 valence electrons. The van der Waals surface area contributed by atoms with Gasteiger partial charge in [-0.15, -0.1) is 0 Å². The van der Waals surface area contributed by atoms with Crippen molar-refractivity contribution < 1.29 is 17.9 Å². The van der Waals surface area contributed by atoms with E-state index < -0.39 is 21.8 Å². The number of nitrogens with zero attached hydrogens (tertiary/aromatic N) is 2. The minimum atomic E-state index is -3.67. The molecule has 0 saturated carbocycles. The maximum absolute atomic E-state index is 12.7. The van der Waals surface area contributed by atoms with Crippen molar-refractivity contribution in [2.75, 3.05) is 19.6 Å². The van der Waals surface area contributed by atoms with Crippen LogP contribution in [0.3, 0.4) is 0 Å². The highest BCUT2D eigenvalue weighted by molar-refractivity contribution is 7.87. The molecule has 0 radical (unpaired) electrons. The topological polar surface area (TPSA) is 66.9 Å². The number of carbonyl (C=O) groups excluding carboxylic acids is 1. The van der Waals surface area contributed by atoms with Crippen molar-refractivity contribution in [1.82, 2.24) is 8.61 Å². The van der Waals surface area contributed by atoms with Gasteiger partial charge in [-0.3, -0.25) is 4.79 Å². The van der Waals surface area contributed by atoms with Gasteiger partial charge in [0, 0.05) is 19.6 Å². The molecule has 2 aromatic rings. The number of benzene rings is 2. The first-order chi connectivity index (χ1) is 13.1. The zero-order chi connectivity index (χ0) is 20.4. The van der Waals surface area contributed by atoms with Crippen molar-refractivity contribution in [3.63, 3.8) is 0 Å². The molecule has 0 bridgehead atoms. The maximum atomic E-state index is 12.7. The quantitative estimate of drug-likeness (QED) is 0.721. The Hall–Kier alpha value is -2.22. The van der Waals surface area contributed by atoms with E-state index in [9.17, 15) is 13.2 Å². The number of esters is 1. The maximum Gasteiger partial charge on any atom is 0.321 e. The third-order valence-electron chi connectivity index (χ3n) is 4.40. The highest BCUT2D eigenvalue weighted by Gasteiger charge is 2.38. The van der Waals surface area contributed by atoms with E-state index in [2.05, 4.69) is 0 Å². The highest BCUT2D eigenvalue weighted by Crippen LogP contribution is 2.23. The lowest BCUT2D eigenvalue weighted by atomic mass is 10.0. The smallest absolute Gasteiger partial charge is 0.321 e. The fraction of sp³-hybridized carbons (Fsp3) is 0.381. The zero-order valence-corrected chi connectivity index (χ0v) is 17.3. The molecule has 1 saturated heterocycles. The van der Waals surface area contributed by atoms with Crippen LogP contribution in [0, 0.1) is 0 Å². The normalized spacial score (nSPS) is 17.5. The molecule has 1 aliphatic rings. The standard InChI is InChI=1S/C21H26N2O4S/c1-21(2,3)27-20(24)16-23-14-13-22(28(23,25)26)15-17-9-11-19(12-10-17)18-7-5-4-6-8-18/h4-12H,13-16H2,1-3H3. The first-order valence-electron chi connectivity index (χ1n) is 9.26. The van der Waals surface area contributed by atoms with Gasteiger partial charge in [0.2, 0.25) is 0 Å². The zero-order valence-electron chi connectivity index (χ0n) is 16.5. The molecular weight excluding hydrogens is 376 g/mol. The minimum Gasteiger partial charge on any atom is -0.459 e. The Bertz CT molecular complexity index is 919. The lowest BCUT2D eigenvalue weighted by Crippen LogP contribution is -2.38. The Morgan fingerprint density at radius 3 is 2.11 bits per heavy atom. The summed E-state index contributed by atoms with van der Waals surface area (Å²) in [5.74, 6) is -0.537. The average molecular weight is 403 g/mol. The molecule has 0 spiro atoms. The molecule has 0 aliphatic carbocycles. The Morgan fingerprint density at radius 1 is 0.929 bits per heavy atom. The van der Waals surface area contributed by atoms with E-state index in [1.54, 1.807) is 20.8 Å². The minimum absolute atomic E-state index is 0.261. The van der Waals surface area contributed by atoms with E-state index in [0.29, 0.717) is 6.54 Å². The lowest BCUT2D eigenvalue weighted by molar-refractivity contribution is -0.154. The van der Waals surface area contributed by atoms with Crippen LogP contribution in [-0.4, -0.2) is 48.2 Å². The summed E-state index contributed by atoms with van der Waals surface area (Å²) in [4.78, 5) is 12.0. The summed E-state index contributed by atoms with van der Waals surface area (Å²) in [6.07, 6.45) is 0. The third-order valence-corrected chi connectivity index (χ3v) is 6.33. The van der Waals surface area contributed by atoms with Gasteiger partial charge in [0.15, 0.2) is 0 Å². The van der Waals surface area contributed by atoms with Crippen LogP contribution in [0.1, 0.15) is 26.3 Å². The van der Waals surface area contributed by atoms with Crippen molar-refractivity contribution in [3.05, 3.63) is 60.2 Å². The van der Waals surface area contributed by atoms with Gasteiger partial charge in [-0.2, -0.15) is 17.0 Å². The van der Waals surface area contributed by atoms with Crippen LogP contribution >= 0.6 is 0 Å². The van der Waals surface area contributed by atoms with Crippen molar-refractivity contribution in [1.29, 1.82) is 0 Å². The molecule has 0 N–H and O–H groups in total. The van der Waals surface area contributed by atoms with E-state index in [-0.39, 0.29) is 19.6 Å². The molecule has 1 heterocycles. The fourth-order valence-electron chi connectivity index (χ4n) is 3.09. The molecule has 0 amide bonds. The largest absolute Gasteiger partial charge is 0.459 e. The number of ether oxygens (including phenoxy) is 1. The van der Waals surface area contributed by atoms with Crippen LogP contribution in [0.25, 0.3) is 11.1 Å². The van der Waals surface area contributed by atoms with Gasteiger partial charge in [-0.1, -0.05) is 54.6 Å². The molecule has 0 unspecified atom stereocenters. The van der Waals surface area contributed by atoms with E-state index in [4.69, 9.17) is 4.74 Å². The summed E-state index contributed by atoms with van der Waals surface area (Å²) in [7, 11) is -3.67. The molecule has 0 aromatic heterocycles. The van der Waals surface area contributed by atoms with Gasteiger partial charge in [-0.05, 0) is 37.5 Å². The molecule has 28 heavy (non-hydrogen) atoms. The van der Waals surface area contributed by atoms with Crippen molar-refractivity contribution in [2.24, 2.45) is 0 Å². The first-order valence-corrected chi connectivity index (χ1v) is 10.7. The average Bonchev–Trinajstić information content (AvgIpc) is 2.89. The fourth-order valence-corrected chi connectivity index (χ4v) is 4.63. The Balaban J connectivity index is 1.64. The van der Waals surface area contributed by atoms with Gasteiger partial charge in [-0.25, -0.2) is 0 Å². The Labute approximate surface area is 166 Å². The van der Waals surface area contributed by atoms with Crippen LogP contribution in [0.5, 0.6) is 0 Å². The van der Waals surface area contributed by atoms with Gasteiger partial charge >= 0.3 is 5.97 Å². The van der Waals surface area contributed by atoms with Crippen LogP contribution in [0.4, 0.5) is 0 Å². The Kier molecular flexibility index (Phi) is 5.88. The van der Waals surface area contributed by atoms with E-state index in [1.165, 1.54) is 8.61 Å². The SMILES string of the molecule is CC(C)(C)OC(=O)CN1CCN(Cc2ccc(-c3ccccc3)cc2)S1(=O)=O. The van der Waals surface area contributed by atoms with E-state index in [0.717, 1.165) is 16.7 Å². The van der Waals surface area contributed by atoms with Crippen molar-refractivity contribution in [2.45, 2.75) is 32.9 Å². The highest BCUT2D eigenvalue weighted by atomic mass is 32.2. The summed E-state index contributed by atoms with van der Waals surface area (Å²) >= 11 is 0. The molecule has 0 atom stereocenters. The molecular formula is C21H26N2O4S. The van der Waals surface area contributed by atoms with Crippen LogP contribution in [0.15, 0.2) is 54.6 Å². The summed E-state index contributed by atoms with van der Waals surface area (Å²) in [6, 6.07) is 17.9. The van der Waals surface area contributed by atoms with Crippen molar-refractivity contribution in [3.8, 4) is 11.1 Å². The number of carbonyl (C=O) groups is 1. The first kappa shape index (κ1) is 20.5. The predicted octanol–water partition coefficient (Wildman–Crippen LogP) is 3.06. The van der Waals surface area contributed by atoms with E-state index >= 15 is 0 Å². The second-order valence-electron chi connectivity index (χ2n) is 7.82. The number of hydrogen-bond acceptors (Lipinski definition) is 4. The van der Waals surface area contributed by atoms with Crippen molar-refractivity contribution >= 4 is 16.2 Å². The molecule has 3 rings (SSSR count). The number of hydrogen-bond donors (Lipinski definition) is 0. The van der Waals surface area contributed by atoms with Gasteiger partial charge in [0.05, 0.1) is 0 Å². The van der Waals surface area contributed by atoms with Crippen LogP contribution in [-0.2, 0) is 26.3 Å². The van der Waals surface area contributed by atoms with Crippen LogP contribution < -0.4 is 0 Å². The predicted molar refractivity (Wildman–Crippen MR) is 109 cm³/mol. The molecule has 1 aliphatic heterocycles. The molecule has 6 nitrogen and oxygen atoms in total. The second-order valence-corrected chi connectivity index (χ2v) is 9.75. The summed E-state index contributed by atoms with van der Waals surface area (Å²) in [5, 5.41) is 0. The monoisotopic (exact) mass is 402 g/mol. The summed E-state index contributed by atoms with van der Waals surface area (Å²) in [6.45, 7) is 5.93. The molecule has 1 fully saturated rings. The van der Waals surface area contributed by atoms with Gasteiger partial charge < -0.3 is 4.74 Å². The summed E-state index contributed by atoms with van der Waals surface area (Å²) in [5.41, 5.74) is 2.47. The van der Waals surface area contributed by atoms with E-state index in [1.807, 2.05) is 54.6 Å². The van der Waals surface area contributed by atoms with Crippen LogP contribution in [0.2, 0.25) is 0 Å². The second kappa shape index (κ2) is 8.03.